The first kappa shape index (κ1) is 14.3. The summed E-state index contributed by atoms with van der Waals surface area (Å²) in [6.07, 6.45) is 4.31. The van der Waals surface area contributed by atoms with Crippen LogP contribution in [0, 0.1) is 17.8 Å². The summed E-state index contributed by atoms with van der Waals surface area (Å²) in [4.78, 5) is 25.6. The van der Waals surface area contributed by atoms with Gasteiger partial charge in [0.1, 0.15) is 0 Å². The summed E-state index contributed by atoms with van der Waals surface area (Å²) in [6, 6.07) is 0.213. The second kappa shape index (κ2) is 5.90. The number of aliphatic hydroxyl groups excluding tert-OH is 1. The van der Waals surface area contributed by atoms with Crippen molar-refractivity contribution in [3.05, 3.63) is 0 Å². The number of hydrogen-bond donors (Lipinski definition) is 2. The van der Waals surface area contributed by atoms with Crippen LogP contribution in [0.2, 0.25) is 0 Å². The maximum atomic E-state index is 12.6. The van der Waals surface area contributed by atoms with E-state index in [1.807, 2.05) is 6.92 Å². The summed E-state index contributed by atoms with van der Waals surface area (Å²) >= 11 is 0. The highest BCUT2D eigenvalue weighted by Gasteiger charge is 2.44. The number of aliphatic hydroxyl groups is 1. The van der Waals surface area contributed by atoms with E-state index in [1.165, 1.54) is 0 Å². The molecule has 3 unspecified atom stereocenters. The molecule has 0 bridgehead atoms. The van der Waals surface area contributed by atoms with Crippen LogP contribution in [0.5, 0.6) is 0 Å². The molecule has 0 heterocycles. The van der Waals surface area contributed by atoms with Gasteiger partial charge in [0.05, 0.1) is 18.4 Å². The Bertz CT molecular complexity index is 353. The van der Waals surface area contributed by atoms with Crippen LogP contribution in [0.15, 0.2) is 0 Å². The molecule has 2 saturated carbocycles. The largest absolute Gasteiger partial charge is 0.481 e. The topological polar surface area (TPSA) is 77.8 Å². The fourth-order valence-electron chi connectivity index (χ4n) is 3.33. The molecule has 0 spiro atoms. The van der Waals surface area contributed by atoms with Crippen molar-refractivity contribution in [3.63, 3.8) is 0 Å². The molecule has 2 rings (SSSR count). The molecule has 3 atom stereocenters. The Morgan fingerprint density at radius 2 is 1.84 bits per heavy atom. The van der Waals surface area contributed by atoms with Crippen molar-refractivity contribution >= 4 is 11.9 Å². The zero-order chi connectivity index (χ0) is 14.0. The molecule has 1 amide bonds. The highest BCUT2D eigenvalue weighted by Crippen LogP contribution is 2.39. The van der Waals surface area contributed by atoms with Crippen molar-refractivity contribution in [1.29, 1.82) is 0 Å². The Morgan fingerprint density at radius 3 is 2.32 bits per heavy atom. The Kier molecular flexibility index (Phi) is 4.45. The maximum Gasteiger partial charge on any atom is 0.307 e. The van der Waals surface area contributed by atoms with E-state index in [0.29, 0.717) is 19.4 Å². The zero-order valence-corrected chi connectivity index (χ0v) is 11.4. The fourth-order valence-corrected chi connectivity index (χ4v) is 3.33. The Hall–Kier alpha value is -1.10. The van der Waals surface area contributed by atoms with E-state index in [9.17, 15) is 14.7 Å². The van der Waals surface area contributed by atoms with Gasteiger partial charge in [0.2, 0.25) is 5.91 Å². The molecule has 0 aromatic heterocycles. The van der Waals surface area contributed by atoms with Crippen LogP contribution in [-0.2, 0) is 9.59 Å². The summed E-state index contributed by atoms with van der Waals surface area (Å²) < 4.78 is 0. The quantitative estimate of drug-likeness (QED) is 0.783. The first-order valence-corrected chi connectivity index (χ1v) is 7.18. The number of aliphatic carboxylic acids is 1. The van der Waals surface area contributed by atoms with Crippen LogP contribution < -0.4 is 0 Å². The van der Waals surface area contributed by atoms with Gasteiger partial charge in [0.25, 0.3) is 0 Å². The molecule has 0 radical (unpaired) electrons. The number of rotatable bonds is 5. The summed E-state index contributed by atoms with van der Waals surface area (Å²) in [5, 5.41) is 18.4. The predicted octanol–water partition coefficient (Wildman–Crippen LogP) is 1.11. The van der Waals surface area contributed by atoms with Gasteiger partial charge in [-0.15, -0.1) is 0 Å². The van der Waals surface area contributed by atoms with Crippen LogP contribution in [-0.4, -0.2) is 46.2 Å². The molecule has 2 fully saturated rings. The third kappa shape index (κ3) is 2.91. The van der Waals surface area contributed by atoms with E-state index < -0.39 is 17.8 Å². The molecule has 0 aromatic carbocycles. The molecule has 0 saturated heterocycles. The normalized spacial score (nSPS) is 30.9. The fraction of sp³-hybridized carbons (Fsp3) is 0.857. The predicted molar refractivity (Wildman–Crippen MR) is 69.5 cm³/mol. The minimum atomic E-state index is -0.861. The van der Waals surface area contributed by atoms with E-state index in [0.717, 1.165) is 19.3 Å². The van der Waals surface area contributed by atoms with E-state index in [1.54, 1.807) is 4.90 Å². The van der Waals surface area contributed by atoms with E-state index >= 15 is 0 Å². The molecule has 2 aliphatic carbocycles. The van der Waals surface area contributed by atoms with Crippen LogP contribution in [0.25, 0.3) is 0 Å². The highest BCUT2D eigenvalue weighted by molar-refractivity contribution is 5.85. The van der Waals surface area contributed by atoms with E-state index in [4.69, 9.17) is 5.11 Å². The third-order valence-corrected chi connectivity index (χ3v) is 4.57. The lowest BCUT2D eigenvalue weighted by Gasteiger charge is -2.39. The van der Waals surface area contributed by atoms with Crippen molar-refractivity contribution in [2.75, 3.05) is 13.2 Å². The first-order valence-electron chi connectivity index (χ1n) is 7.18. The maximum absolute atomic E-state index is 12.6. The number of carboxylic acid groups (broad SMARTS) is 1. The van der Waals surface area contributed by atoms with E-state index in [2.05, 4.69) is 0 Å². The van der Waals surface area contributed by atoms with Gasteiger partial charge in [0, 0.05) is 12.6 Å². The van der Waals surface area contributed by atoms with Crippen molar-refractivity contribution in [2.24, 2.45) is 17.8 Å². The lowest BCUT2D eigenvalue weighted by Crippen LogP contribution is -2.49. The average Bonchev–Trinajstić information content (AvgIpc) is 2.67. The number of carbonyl (C=O) groups excluding carboxylic acids is 1. The van der Waals surface area contributed by atoms with Gasteiger partial charge in [-0.1, -0.05) is 6.92 Å². The lowest BCUT2D eigenvalue weighted by molar-refractivity contribution is -0.151. The van der Waals surface area contributed by atoms with Gasteiger partial charge in [0.15, 0.2) is 0 Å². The van der Waals surface area contributed by atoms with Gasteiger partial charge in [-0.25, -0.2) is 0 Å². The third-order valence-electron chi connectivity index (χ3n) is 4.57. The number of carboxylic acids is 1. The molecular formula is C14H23NO4. The second-order valence-electron chi connectivity index (χ2n) is 5.97. The number of nitrogens with zero attached hydrogens (tertiary/aromatic N) is 1. The molecule has 5 nitrogen and oxygen atoms in total. The molecule has 5 heteroatoms. The van der Waals surface area contributed by atoms with Gasteiger partial charge < -0.3 is 15.1 Å². The SMILES string of the molecule is CC1CC(C(=O)O)C(C(=O)N(CCO)C2CCC2)C1. The summed E-state index contributed by atoms with van der Waals surface area (Å²) in [6.45, 7) is 2.28. The van der Waals surface area contributed by atoms with Crippen LogP contribution >= 0.6 is 0 Å². The molecular weight excluding hydrogens is 246 g/mol. The summed E-state index contributed by atoms with van der Waals surface area (Å²) in [5.41, 5.74) is 0. The number of carbonyl (C=O) groups is 2. The summed E-state index contributed by atoms with van der Waals surface area (Å²) in [5.74, 6) is -1.59. The Balaban J connectivity index is 2.08. The summed E-state index contributed by atoms with van der Waals surface area (Å²) in [7, 11) is 0. The Morgan fingerprint density at radius 1 is 1.21 bits per heavy atom. The molecule has 19 heavy (non-hydrogen) atoms. The molecule has 2 N–H and O–H groups in total. The standard InChI is InChI=1S/C14H23NO4/c1-9-7-11(12(8-9)14(18)19)13(17)15(5-6-16)10-3-2-4-10/h9-12,16H,2-8H2,1H3,(H,18,19). The number of hydrogen-bond acceptors (Lipinski definition) is 3. The van der Waals surface area contributed by atoms with Crippen LogP contribution in [0.4, 0.5) is 0 Å². The van der Waals surface area contributed by atoms with Gasteiger partial charge in [-0.3, -0.25) is 9.59 Å². The monoisotopic (exact) mass is 269 g/mol. The lowest BCUT2D eigenvalue weighted by atomic mass is 9.88. The minimum Gasteiger partial charge on any atom is -0.481 e. The van der Waals surface area contributed by atoms with E-state index in [-0.39, 0.29) is 24.5 Å². The smallest absolute Gasteiger partial charge is 0.307 e. The van der Waals surface area contributed by atoms with Crippen molar-refractivity contribution in [2.45, 2.75) is 45.1 Å². The van der Waals surface area contributed by atoms with Crippen LogP contribution in [0.3, 0.4) is 0 Å². The highest BCUT2D eigenvalue weighted by atomic mass is 16.4. The van der Waals surface area contributed by atoms with Gasteiger partial charge in [-0.2, -0.15) is 0 Å². The van der Waals surface area contributed by atoms with Crippen LogP contribution in [0.1, 0.15) is 39.0 Å². The molecule has 0 aromatic rings. The average molecular weight is 269 g/mol. The number of amides is 1. The van der Waals surface area contributed by atoms with Crippen molar-refractivity contribution in [1.82, 2.24) is 4.90 Å². The van der Waals surface area contributed by atoms with Crippen molar-refractivity contribution < 1.29 is 19.8 Å². The second-order valence-corrected chi connectivity index (χ2v) is 5.97. The molecule has 0 aliphatic heterocycles. The Labute approximate surface area is 113 Å². The van der Waals surface area contributed by atoms with Gasteiger partial charge in [-0.05, 0) is 38.0 Å². The van der Waals surface area contributed by atoms with Gasteiger partial charge >= 0.3 is 5.97 Å². The first-order chi connectivity index (χ1) is 9.04. The molecule has 2 aliphatic rings. The minimum absolute atomic E-state index is 0.0533. The van der Waals surface area contributed by atoms with Crippen molar-refractivity contribution in [3.8, 4) is 0 Å². The zero-order valence-electron chi connectivity index (χ0n) is 11.4. The molecule has 108 valence electrons.